The van der Waals surface area contributed by atoms with Gasteiger partial charge in [-0.2, -0.15) is 0 Å². The van der Waals surface area contributed by atoms with Crippen molar-refractivity contribution in [1.82, 2.24) is 4.72 Å². The number of nitrogens with two attached hydrogens (primary N) is 1. The third-order valence-corrected chi connectivity index (χ3v) is 5.08. The predicted molar refractivity (Wildman–Crippen MR) is 116 cm³/mol. The van der Waals surface area contributed by atoms with Crippen LogP contribution in [0.3, 0.4) is 0 Å². The van der Waals surface area contributed by atoms with Crippen LogP contribution in [-0.2, 0) is 29.1 Å². The first-order valence-electron chi connectivity index (χ1n) is 9.39. The van der Waals surface area contributed by atoms with Gasteiger partial charge in [-0.1, -0.05) is 30.3 Å². The number of ether oxygens (including phenoxy) is 1. The van der Waals surface area contributed by atoms with E-state index in [9.17, 15) is 27.2 Å². The molecule has 0 saturated carbocycles. The minimum absolute atomic E-state index is 0.103. The van der Waals surface area contributed by atoms with Gasteiger partial charge in [0, 0.05) is 24.1 Å². The smallest absolute Gasteiger partial charge is 0.321 e. The molecule has 0 saturated heterocycles. The molecule has 0 bridgehead atoms. The van der Waals surface area contributed by atoms with Crippen LogP contribution >= 0.6 is 0 Å². The molecule has 0 radical (unpaired) electrons. The number of carbonyl (C=O) groups is 3. The van der Waals surface area contributed by atoms with E-state index >= 15 is 0 Å². The van der Waals surface area contributed by atoms with Crippen molar-refractivity contribution >= 4 is 39.6 Å². The van der Waals surface area contributed by atoms with Gasteiger partial charge < -0.3 is 15.4 Å². The average molecular weight is 463 g/mol. The van der Waals surface area contributed by atoms with Crippen LogP contribution in [0.4, 0.5) is 10.1 Å². The normalized spacial score (nSPS) is 11.3. The van der Waals surface area contributed by atoms with Crippen molar-refractivity contribution in [2.45, 2.75) is 6.42 Å². The molecule has 0 fully saturated rings. The van der Waals surface area contributed by atoms with Crippen LogP contribution in [0.5, 0.6) is 0 Å². The molecule has 0 aliphatic carbocycles. The zero-order valence-corrected chi connectivity index (χ0v) is 17.8. The standard InChI is InChI=1S/C21H22FN3O6S/c22-17-6-8-18(9-7-17)25(12-10-19(23)26)20(27)15-31-21(28)14-24-32(29,30)13-11-16-4-2-1-3-5-16/h1-9,11,13,24H,10,12,14-15H2,(H2,23,26)/b13-11+. The van der Waals surface area contributed by atoms with E-state index in [1.54, 1.807) is 30.3 Å². The number of sulfonamides is 1. The Labute approximate surface area is 184 Å². The van der Waals surface area contributed by atoms with Crippen LogP contribution in [0.15, 0.2) is 60.0 Å². The van der Waals surface area contributed by atoms with Gasteiger partial charge in [0.15, 0.2) is 6.61 Å². The Balaban J connectivity index is 1.90. The van der Waals surface area contributed by atoms with E-state index in [1.807, 2.05) is 4.72 Å². The molecule has 0 unspecified atom stereocenters. The summed E-state index contributed by atoms with van der Waals surface area (Å²) in [5, 5.41) is 0.904. The number of hydrogen-bond donors (Lipinski definition) is 2. The quantitative estimate of drug-likeness (QED) is 0.480. The zero-order chi connectivity index (χ0) is 23.6. The lowest BCUT2D eigenvalue weighted by Crippen LogP contribution is -2.38. The summed E-state index contributed by atoms with van der Waals surface area (Å²) in [4.78, 5) is 36.5. The molecule has 2 rings (SSSR count). The van der Waals surface area contributed by atoms with E-state index in [4.69, 9.17) is 10.5 Å². The maximum atomic E-state index is 13.1. The molecule has 0 heterocycles. The number of amides is 2. The Morgan fingerprint density at radius 2 is 1.72 bits per heavy atom. The highest BCUT2D eigenvalue weighted by Crippen LogP contribution is 2.15. The Morgan fingerprint density at radius 3 is 2.34 bits per heavy atom. The second-order valence-corrected chi connectivity index (χ2v) is 8.13. The van der Waals surface area contributed by atoms with Crippen molar-refractivity contribution in [3.8, 4) is 0 Å². The lowest BCUT2D eigenvalue weighted by atomic mass is 10.2. The number of hydrogen-bond acceptors (Lipinski definition) is 6. The summed E-state index contributed by atoms with van der Waals surface area (Å²) >= 11 is 0. The van der Waals surface area contributed by atoms with E-state index in [2.05, 4.69) is 0 Å². The second-order valence-electron chi connectivity index (χ2n) is 6.48. The molecule has 0 aliphatic rings. The van der Waals surface area contributed by atoms with Crippen LogP contribution in [0.25, 0.3) is 6.08 Å². The van der Waals surface area contributed by atoms with Crippen LogP contribution in [0, 0.1) is 5.82 Å². The zero-order valence-electron chi connectivity index (χ0n) is 16.9. The van der Waals surface area contributed by atoms with Gasteiger partial charge in [0.2, 0.25) is 15.9 Å². The lowest BCUT2D eigenvalue weighted by molar-refractivity contribution is -0.146. The maximum Gasteiger partial charge on any atom is 0.321 e. The highest BCUT2D eigenvalue weighted by atomic mass is 32.2. The first kappa shape index (κ1) is 24.7. The molecule has 0 aromatic heterocycles. The number of nitrogens with zero attached hydrogens (tertiary/aromatic N) is 1. The highest BCUT2D eigenvalue weighted by molar-refractivity contribution is 7.92. The van der Waals surface area contributed by atoms with Crippen molar-refractivity contribution in [2.24, 2.45) is 5.73 Å². The molecule has 2 amide bonds. The molecular formula is C21H22FN3O6S. The van der Waals surface area contributed by atoms with Gasteiger partial charge >= 0.3 is 5.97 Å². The predicted octanol–water partition coefficient (Wildman–Crippen LogP) is 1.17. The topological polar surface area (TPSA) is 136 Å². The summed E-state index contributed by atoms with van der Waals surface area (Å²) in [5.41, 5.74) is 6.05. The van der Waals surface area contributed by atoms with E-state index in [0.29, 0.717) is 5.56 Å². The number of anilines is 1. The number of esters is 1. The number of primary amides is 1. The van der Waals surface area contributed by atoms with Crippen molar-refractivity contribution < 1.29 is 31.9 Å². The third kappa shape index (κ3) is 8.66. The largest absolute Gasteiger partial charge is 0.455 e. The molecule has 2 aromatic rings. The van der Waals surface area contributed by atoms with Crippen molar-refractivity contribution in [3.63, 3.8) is 0 Å². The molecule has 32 heavy (non-hydrogen) atoms. The number of nitrogens with one attached hydrogen (secondary N) is 1. The summed E-state index contributed by atoms with van der Waals surface area (Å²) in [6.07, 6.45) is 1.20. The van der Waals surface area contributed by atoms with E-state index in [0.717, 1.165) is 22.4 Å². The van der Waals surface area contributed by atoms with Gasteiger partial charge in [0.25, 0.3) is 5.91 Å². The van der Waals surface area contributed by atoms with Gasteiger partial charge in [0.1, 0.15) is 12.4 Å². The second kappa shape index (κ2) is 11.7. The monoisotopic (exact) mass is 463 g/mol. The Kier molecular flexibility index (Phi) is 9.05. The summed E-state index contributed by atoms with van der Waals surface area (Å²) in [6, 6.07) is 13.6. The lowest BCUT2D eigenvalue weighted by Gasteiger charge is -2.22. The fraction of sp³-hybridized carbons (Fsp3) is 0.190. The molecule has 170 valence electrons. The molecule has 11 heteroatoms. The highest BCUT2D eigenvalue weighted by Gasteiger charge is 2.19. The fourth-order valence-corrected chi connectivity index (χ4v) is 3.20. The van der Waals surface area contributed by atoms with Crippen LogP contribution in [-0.4, -0.2) is 45.9 Å². The maximum absolute atomic E-state index is 13.1. The van der Waals surface area contributed by atoms with Gasteiger partial charge in [-0.15, -0.1) is 0 Å². The molecular weight excluding hydrogens is 441 g/mol. The first-order valence-corrected chi connectivity index (χ1v) is 10.9. The molecule has 0 aliphatic heterocycles. The first-order chi connectivity index (χ1) is 15.2. The summed E-state index contributed by atoms with van der Waals surface area (Å²) in [6.45, 7) is -1.50. The fourth-order valence-electron chi connectivity index (χ4n) is 2.45. The average Bonchev–Trinajstić information content (AvgIpc) is 2.77. The SMILES string of the molecule is NC(=O)CCN(C(=O)COC(=O)CNS(=O)(=O)/C=C/c1ccccc1)c1ccc(F)cc1. The molecule has 0 atom stereocenters. The minimum atomic E-state index is -3.91. The van der Waals surface area contributed by atoms with Gasteiger partial charge in [0.05, 0.1) is 0 Å². The van der Waals surface area contributed by atoms with Crippen LogP contribution < -0.4 is 15.4 Å². The number of halogens is 1. The molecule has 0 spiro atoms. The Bertz CT molecular complexity index is 1070. The number of benzene rings is 2. The number of carbonyl (C=O) groups excluding carboxylic acids is 3. The van der Waals surface area contributed by atoms with Gasteiger partial charge in [-0.25, -0.2) is 17.5 Å². The summed E-state index contributed by atoms with van der Waals surface area (Å²) in [5.74, 6) is -2.85. The van der Waals surface area contributed by atoms with Crippen molar-refractivity contribution in [2.75, 3.05) is 24.6 Å². The molecule has 9 nitrogen and oxygen atoms in total. The molecule has 3 N–H and O–H groups in total. The van der Waals surface area contributed by atoms with E-state index in [-0.39, 0.29) is 18.7 Å². The van der Waals surface area contributed by atoms with Crippen LogP contribution in [0.1, 0.15) is 12.0 Å². The molecule has 2 aromatic carbocycles. The Morgan fingerprint density at radius 1 is 1.06 bits per heavy atom. The summed E-state index contributed by atoms with van der Waals surface area (Å²) < 4.78 is 43.9. The number of rotatable bonds is 11. The van der Waals surface area contributed by atoms with Crippen molar-refractivity contribution in [3.05, 3.63) is 71.4 Å². The van der Waals surface area contributed by atoms with Gasteiger partial charge in [-0.3, -0.25) is 14.4 Å². The van der Waals surface area contributed by atoms with E-state index in [1.165, 1.54) is 18.2 Å². The Hall–Kier alpha value is -3.57. The van der Waals surface area contributed by atoms with Crippen LogP contribution in [0.2, 0.25) is 0 Å². The van der Waals surface area contributed by atoms with Gasteiger partial charge in [-0.05, 0) is 35.9 Å². The third-order valence-electron chi connectivity index (χ3n) is 4.03. The summed E-state index contributed by atoms with van der Waals surface area (Å²) in [7, 11) is -3.91. The minimum Gasteiger partial charge on any atom is -0.455 e. The van der Waals surface area contributed by atoms with E-state index < -0.39 is 46.8 Å². The van der Waals surface area contributed by atoms with Crippen molar-refractivity contribution in [1.29, 1.82) is 0 Å².